The molecule has 0 fully saturated rings. The molecule has 0 aromatic heterocycles. The van der Waals surface area contributed by atoms with Gasteiger partial charge in [0.15, 0.2) is 0 Å². The molecule has 0 saturated heterocycles. The van der Waals surface area contributed by atoms with E-state index in [2.05, 4.69) is 5.32 Å². The third-order valence-electron chi connectivity index (χ3n) is 3.60. The van der Waals surface area contributed by atoms with Gasteiger partial charge in [0, 0.05) is 25.6 Å². The average molecular weight is 328 g/mol. The summed E-state index contributed by atoms with van der Waals surface area (Å²) in [6.07, 6.45) is 0. The van der Waals surface area contributed by atoms with Crippen molar-refractivity contribution in [2.24, 2.45) is 0 Å². The summed E-state index contributed by atoms with van der Waals surface area (Å²) in [4.78, 5) is 25.6. The molecule has 2 amide bonds. The number of nitrogens with zero attached hydrogens (tertiary/aromatic N) is 1. The molecule has 0 aliphatic carbocycles. The Balaban J connectivity index is 2.32. The van der Waals surface area contributed by atoms with E-state index in [0.717, 1.165) is 0 Å². The zero-order valence-electron chi connectivity index (χ0n) is 14.1. The summed E-state index contributed by atoms with van der Waals surface area (Å²) >= 11 is 0. The van der Waals surface area contributed by atoms with Crippen molar-refractivity contribution in [3.8, 4) is 11.5 Å². The predicted molar refractivity (Wildman–Crippen MR) is 93.0 cm³/mol. The van der Waals surface area contributed by atoms with Crippen molar-refractivity contribution < 1.29 is 19.1 Å². The molecule has 0 aliphatic rings. The van der Waals surface area contributed by atoms with Crippen LogP contribution in [0.2, 0.25) is 0 Å². The van der Waals surface area contributed by atoms with Gasteiger partial charge >= 0.3 is 0 Å². The summed E-state index contributed by atoms with van der Waals surface area (Å²) < 4.78 is 10.4. The monoisotopic (exact) mass is 328 g/mol. The molecule has 0 spiro atoms. The standard InChI is InChI=1S/C18H20N2O4/c1-12(21)20(2)17-8-6-5-7-16(17)19-18(22)13-9-14(23-3)11-15(10-13)24-4/h5-11H,1-4H3,(H,19,22). The average Bonchev–Trinajstić information content (AvgIpc) is 2.60. The Morgan fingerprint density at radius 1 is 1.00 bits per heavy atom. The smallest absolute Gasteiger partial charge is 0.255 e. The molecule has 0 unspecified atom stereocenters. The minimum atomic E-state index is -0.323. The van der Waals surface area contributed by atoms with Crippen LogP contribution in [0.5, 0.6) is 11.5 Å². The van der Waals surface area contributed by atoms with Crippen LogP contribution in [0.1, 0.15) is 17.3 Å². The second-order valence-electron chi connectivity index (χ2n) is 5.15. The van der Waals surface area contributed by atoms with Gasteiger partial charge in [0.05, 0.1) is 25.6 Å². The van der Waals surface area contributed by atoms with Gasteiger partial charge in [-0.05, 0) is 24.3 Å². The Morgan fingerprint density at radius 2 is 1.58 bits per heavy atom. The van der Waals surface area contributed by atoms with E-state index in [1.165, 1.54) is 26.0 Å². The molecule has 6 nitrogen and oxygen atoms in total. The van der Waals surface area contributed by atoms with Crippen molar-refractivity contribution in [3.63, 3.8) is 0 Å². The van der Waals surface area contributed by atoms with E-state index in [1.54, 1.807) is 49.5 Å². The fourth-order valence-electron chi connectivity index (χ4n) is 2.17. The fraction of sp³-hybridized carbons (Fsp3) is 0.222. The second-order valence-corrected chi connectivity index (χ2v) is 5.15. The lowest BCUT2D eigenvalue weighted by Gasteiger charge is -2.19. The Hall–Kier alpha value is -3.02. The first-order chi connectivity index (χ1) is 11.5. The molecule has 24 heavy (non-hydrogen) atoms. The lowest BCUT2D eigenvalue weighted by molar-refractivity contribution is -0.116. The predicted octanol–water partition coefficient (Wildman–Crippen LogP) is 2.94. The van der Waals surface area contributed by atoms with Crippen molar-refractivity contribution in [2.75, 3.05) is 31.5 Å². The maximum atomic E-state index is 12.6. The Kier molecular flexibility index (Phi) is 5.42. The van der Waals surface area contributed by atoms with E-state index in [0.29, 0.717) is 28.4 Å². The second kappa shape index (κ2) is 7.50. The van der Waals surface area contributed by atoms with Crippen molar-refractivity contribution in [1.82, 2.24) is 0 Å². The summed E-state index contributed by atoms with van der Waals surface area (Å²) in [6.45, 7) is 1.46. The van der Waals surface area contributed by atoms with Gasteiger partial charge in [-0.1, -0.05) is 12.1 Å². The fourth-order valence-corrected chi connectivity index (χ4v) is 2.17. The van der Waals surface area contributed by atoms with Gasteiger partial charge in [-0.3, -0.25) is 9.59 Å². The van der Waals surface area contributed by atoms with E-state index in [9.17, 15) is 9.59 Å². The third-order valence-corrected chi connectivity index (χ3v) is 3.60. The van der Waals surface area contributed by atoms with Crippen LogP contribution in [0.3, 0.4) is 0 Å². The molecule has 6 heteroatoms. The van der Waals surface area contributed by atoms with Crippen molar-refractivity contribution in [1.29, 1.82) is 0 Å². The number of carbonyl (C=O) groups excluding carboxylic acids is 2. The highest BCUT2D eigenvalue weighted by atomic mass is 16.5. The van der Waals surface area contributed by atoms with Gasteiger partial charge in [-0.25, -0.2) is 0 Å². The zero-order chi connectivity index (χ0) is 17.7. The molecule has 0 radical (unpaired) electrons. The van der Waals surface area contributed by atoms with Gasteiger partial charge in [0.25, 0.3) is 5.91 Å². The minimum absolute atomic E-state index is 0.125. The number of benzene rings is 2. The van der Waals surface area contributed by atoms with Gasteiger partial charge in [-0.2, -0.15) is 0 Å². The topological polar surface area (TPSA) is 67.9 Å². The summed E-state index contributed by atoms with van der Waals surface area (Å²) in [7, 11) is 4.70. The van der Waals surface area contributed by atoms with Crippen LogP contribution in [0.25, 0.3) is 0 Å². The Labute approximate surface area is 141 Å². The number of para-hydroxylation sites is 2. The molecule has 0 heterocycles. The molecule has 126 valence electrons. The van der Waals surface area contributed by atoms with E-state index in [-0.39, 0.29) is 11.8 Å². The quantitative estimate of drug-likeness (QED) is 0.916. The lowest BCUT2D eigenvalue weighted by atomic mass is 10.1. The maximum Gasteiger partial charge on any atom is 0.255 e. The maximum absolute atomic E-state index is 12.6. The van der Waals surface area contributed by atoms with Gasteiger partial charge in [0.1, 0.15) is 11.5 Å². The van der Waals surface area contributed by atoms with E-state index < -0.39 is 0 Å². The number of hydrogen-bond acceptors (Lipinski definition) is 4. The van der Waals surface area contributed by atoms with Crippen LogP contribution in [0.4, 0.5) is 11.4 Å². The number of rotatable bonds is 5. The first-order valence-electron chi connectivity index (χ1n) is 7.34. The molecule has 0 saturated carbocycles. The largest absolute Gasteiger partial charge is 0.497 e. The van der Waals surface area contributed by atoms with Crippen molar-refractivity contribution in [3.05, 3.63) is 48.0 Å². The van der Waals surface area contributed by atoms with Gasteiger partial charge in [0.2, 0.25) is 5.91 Å². The third kappa shape index (κ3) is 3.84. The Morgan fingerprint density at radius 3 is 2.12 bits per heavy atom. The van der Waals surface area contributed by atoms with Crippen LogP contribution in [-0.2, 0) is 4.79 Å². The van der Waals surface area contributed by atoms with Crippen molar-refractivity contribution in [2.45, 2.75) is 6.92 Å². The molecule has 1 N–H and O–H groups in total. The Bertz CT molecular complexity index is 736. The molecule has 0 bridgehead atoms. The normalized spacial score (nSPS) is 10.0. The molecule has 2 aromatic rings. The van der Waals surface area contributed by atoms with Crippen LogP contribution < -0.4 is 19.7 Å². The molecule has 0 aliphatic heterocycles. The summed E-state index contributed by atoms with van der Waals surface area (Å²) in [5, 5.41) is 2.82. The van der Waals surface area contributed by atoms with Crippen LogP contribution in [0, 0.1) is 0 Å². The van der Waals surface area contributed by atoms with E-state index in [1.807, 2.05) is 0 Å². The molecular weight excluding hydrogens is 308 g/mol. The number of hydrogen-bond donors (Lipinski definition) is 1. The molecule has 0 atom stereocenters. The van der Waals surface area contributed by atoms with Crippen molar-refractivity contribution >= 4 is 23.2 Å². The SMILES string of the molecule is COc1cc(OC)cc(C(=O)Nc2ccccc2N(C)C(C)=O)c1. The molecule has 2 aromatic carbocycles. The van der Waals surface area contributed by atoms with Crippen LogP contribution >= 0.6 is 0 Å². The summed E-state index contributed by atoms with van der Waals surface area (Å²) in [6, 6.07) is 12.0. The highest BCUT2D eigenvalue weighted by Crippen LogP contribution is 2.27. The van der Waals surface area contributed by atoms with Crippen LogP contribution in [-0.4, -0.2) is 33.1 Å². The molecule has 2 rings (SSSR count). The number of anilines is 2. The number of nitrogens with one attached hydrogen (secondary N) is 1. The number of ether oxygens (including phenoxy) is 2. The first kappa shape index (κ1) is 17.3. The lowest BCUT2D eigenvalue weighted by Crippen LogP contribution is -2.24. The number of amides is 2. The minimum Gasteiger partial charge on any atom is -0.497 e. The summed E-state index contributed by atoms with van der Waals surface area (Å²) in [5.41, 5.74) is 1.56. The highest BCUT2D eigenvalue weighted by Gasteiger charge is 2.15. The van der Waals surface area contributed by atoms with Crippen LogP contribution in [0.15, 0.2) is 42.5 Å². The molecular formula is C18H20N2O4. The summed E-state index contributed by atoms with van der Waals surface area (Å²) in [5.74, 6) is 0.596. The van der Waals surface area contributed by atoms with E-state index >= 15 is 0 Å². The zero-order valence-corrected chi connectivity index (χ0v) is 14.1. The first-order valence-corrected chi connectivity index (χ1v) is 7.34. The van der Waals surface area contributed by atoms with E-state index in [4.69, 9.17) is 9.47 Å². The van der Waals surface area contributed by atoms with Gasteiger partial charge < -0.3 is 19.7 Å². The van der Waals surface area contributed by atoms with Gasteiger partial charge in [-0.15, -0.1) is 0 Å². The highest BCUT2D eigenvalue weighted by molar-refractivity contribution is 6.07. The number of methoxy groups -OCH3 is 2. The number of carbonyl (C=O) groups is 2.